The Balaban J connectivity index is 1.76. The molecule has 0 heterocycles. The number of rotatable bonds is 9. The molecule has 0 aliphatic rings. The van der Waals surface area contributed by atoms with E-state index in [1.54, 1.807) is 49.4 Å². The fourth-order valence-corrected chi connectivity index (χ4v) is 3.96. The van der Waals surface area contributed by atoms with Crippen molar-refractivity contribution in [1.82, 2.24) is 5.43 Å². The smallest absolute Gasteiger partial charge is 0.339 e. The maximum atomic E-state index is 12.6. The Labute approximate surface area is 199 Å². The zero-order valence-corrected chi connectivity index (χ0v) is 20.2. The summed E-state index contributed by atoms with van der Waals surface area (Å²) in [7, 11) is -2.54. The third kappa shape index (κ3) is 6.14. The lowest BCUT2D eigenvalue weighted by molar-refractivity contribution is 0.0952. The number of amides is 1. The first-order chi connectivity index (χ1) is 16.2. The molecule has 34 heavy (non-hydrogen) atoms. The van der Waals surface area contributed by atoms with Gasteiger partial charge in [0.25, 0.3) is 5.91 Å². The number of nitrogens with zero attached hydrogens (tertiary/aromatic N) is 1. The van der Waals surface area contributed by atoms with Crippen molar-refractivity contribution in [2.24, 2.45) is 5.10 Å². The zero-order chi connectivity index (χ0) is 24.7. The number of carbonyl (C=O) groups is 1. The standard InChI is InChI=1S/C25H26N2O6S/c1-5-32-24-15-19(16-26-27-25(28)21-12-8-18(3)14-23(21)31-4)9-13-22(24)33-34(29,30)20-10-6-17(2)7-11-20/h6-16H,5H2,1-4H3,(H,27,28)/b26-16+. The Morgan fingerprint density at radius 2 is 1.65 bits per heavy atom. The minimum absolute atomic E-state index is 0.0421. The van der Waals surface area contributed by atoms with Crippen LogP contribution in [0, 0.1) is 13.8 Å². The van der Waals surface area contributed by atoms with Crippen molar-refractivity contribution in [2.45, 2.75) is 25.7 Å². The Morgan fingerprint density at radius 1 is 0.941 bits per heavy atom. The van der Waals surface area contributed by atoms with Crippen LogP contribution in [-0.4, -0.2) is 34.3 Å². The van der Waals surface area contributed by atoms with Crippen molar-refractivity contribution in [2.75, 3.05) is 13.7 Å². The maximum absolute atomic E-state index is 12.6. The first-order valence-corrected chi connectivity index (χ1v) is 11.9. The van der Waals surface area contributed by atoms with Gasteiger partial charge in [0.1, 0.15) is 10.6 Å². The molecule has 0 aromatic heterocycles. The van der Waals surface area contributed by atoms with Gasteiger partial charge in [0, 0.05) is 0 Å². The number of methoxy groups -OCH3 is 1. The van der Waals surface area contributed by atoms with Gasteiger partial charge in [0.05, 0.1) is 25.5 Å². The molecular formula is C25H26N2O6S. The van der Waals surface area contributed by atoms with Crippen LogP contribution < -0.4 is 19.1 Å². The SMILES string of the molecule is CCOc1cc(/C=N/NC(=O)c2ccc(C)cc2OC)ccc1OS(=O)(=O)c1ccc(C)cc1. The zero-order valence-electron chi connectivity index (χ0n) is 19.4. The fraction of sp³-hybridized carbons (Fsp3) is 0.200. The van der Waals surface area contributed by atoms with Crippen molar-refractivity contribution in [3.63, 3.8) is 0 Å². The highest BCUT2D eigenvalue weighted by Gasteiger charge is 2.19. The predicted molar refractivity (Wildman–Crippen MR) is 129 cm³/mol. The topological polar surface area (TPSA) is 103 Å². The molecule has 0 bridgehead atoms. The minimum Gasteiger partial charge on any atom is -0.496 e. The summed E-state index contributed by atoms with van der Waals surface area (Å²) in [5.41, 5.74) is 5.28. The van der Waals surface area contributed by atoms with Crippen LogP contribution in [0.1, 0.15) is 34.0 Å². The summed E-state index contributed by atoms with van der Waals surface area (Å²) in [5.74, 6) is 0.298. The van der Waals surface area contributed by atoms with Gasteiger partial charge in [-0.1, -0.05) is 23.8 Å². The number of ether oxygens (including phenoxy) is 2. The van der Waals surface area contributed by atoms with E-state index in [0.29, 0.717) is 23.5 Å². The predicted octanol–water partition coefficient (Wildman–Crippen LogP) is 4.24. The molecule has 0 atom stereocenters. The maximum Gasteiger partial charge on any atom is 0.339 e. The van der Waals surface area contributed by atoms with Crippen molar-refractivity contribution < 1.29 is 26.9 Å². The van der Waals surface area contributed by atoms with Crippen LogP contribution in [0.15, 0.2) is 70.7 Å². The molecule has 1 amide bonds. The van der Waals surface area contributed by atoms with Gasteiger partial charge in [-0.2, -0.15) is 13.5 Å². The van der Waals surface area contributed by atoms with Gasteiger partial charge in [-0.05, 0) is 74.4 Å². The summed E-state index contributed by atoms with van der Waals surface area (Å²) in [6.07, 6.45) is 1.42. The van der Waals surface area contributed by atoms with Gasteiger partial charge in [-0.3, -0.25) is 4.79 Å². The van der Waals surface area contributed by atoms with E-state index in [2.05, 4.69) is 10.5 Å². The van der Waals surface area contributed by atoms with E-state index in [1.165, 1.54) is 31.5 Å². The lowest BCUT2D eigenvalue weighted by Gasteiger charge is -2.12. The molecule has 178 valence electrons. The van der Waals surface area contributed by atoms with Crippen LogP contribution in [0.5, 0.6) is 17.2 Å². The van der Waals surface area contributed by atoms with Crippen LogP contribution in [0.2, 0.25) is 0 Å². The van der Waals surface area contributed by atoms with E-state index in [4.69, 9.17) is 13.7 Å². The Bertz CT molecular complexity index is 1300. The van der Waals surface area contributed by atoms with Gasteiger partial charge in [0.15, 0.2) is 11.5 Å². The second-order valence-corrected chi connectivity index (χ2v) is 8.94. The van der Waals surface area contributed by atoms with Crippen molar-refractivity contribution >= 4 is 22.2 Å². The van der Waals surface area contributed by atoms with Gasteiger partial charge in [0.2, 0.25) is 0 Å². The van der Waals surface area contributed by atoms with E-state index in [9.17, 15) is 13.2 Å². The molecule has 3 aromatic carbocycles. The van der Waals surface area contributed by atoms with Crippen molar-refractivity contribution in [1.29, 1.82) is 0 Å². The molecule has 0 unspecified atom stereocenters. The van der Waals surface area contributed by atoms with Gasteiger partial charge < -0.3 is 13.7 Å². The van der Waals surface area contributed by atoms with E-state index in [0.717, 1.165) is 11.1 Å². The van der Waals surface area contributed by atoms with Crippen molar-refractivity contribution in [3.8, 4) is 17.2 Å². The fourth-order valence-electron chi connectivity index (χ4n) is 3.03. The molecule has 0 fully saturated rings. The normalized spacial score (nSPS) is 11.3. The third-order valence-corrected chi connectivity index (χ3v) is 6.01. The average Bonchev–Trinajstić information content (AvgIpc) is 2.80. The molecule has 0 aliphatic heterocycles. The molecule has 8 nitrogen and oxygen atoms in total. The third-order valence-electron chi connectivity index (χ3n) is 4.76. The van der Waals surface area contributed by atoms with Gasteiger partial charge in [-0.15, -0.1) is 0 Å². The van der Waals surface area contributed by atoms with Crippen LogP contribution in [0.3, 0.4) is 0 Å². The lowest BCUT2D eigenvalue weighted by atomic mass is 10.1. The summed E-state index contributed by atoms with van der Waals surface area (Å²) >= 11 is 0. The summed E-state index contributed by atoms with van der Waals surface area (Å²) in [6, 6.07) is 16.2. The monoisotopic (exact) mass is 482 g/mol. The molecule has 0 spiro atoms. The molecule has 0 radical (unpaired) electrons. The second kappa shape index (κ2) is 10.8. The van der Waals surface area contributed by atoms with Crippen LogP contribution >= 0.6 is 0 Å². The van der Waals surface area contributed by atoms with E-state index >= 15 is 0 Å². The molecule has 0 saturated carbocycles. The highest BCUT2D eigenvalue weighted by atomic mass is 32.2. The number of nitrogens with one attached hydrogen (secondary N) is 1. The van der Waals surface area contributed by atoms with Crippen LogP contribution in [0.25, 0.3) is 0 Å². The van der Waals surface area contributed by atoms with E-state index in [1.807, 2.05) is 13.8 Å². The summed E-state index contributed by atoms with van der Waals surface area (Å²) in [4.78, 5) is 12.5. The first-order valence-electron chi connectivity index (χ1n) is 10.5. The summed E-state index contributed by atoms with van der Waals surface area (Å²) in [5, 5.41) is 3.98. The van der Waals surface area contributed by atoms with Gasteiger partial charge >= 0.3 is 10.1 Å². The highest BCUT2D eigenvalue weighted by Crippen LogP contribution is 2.31. The lowest BCUT2D eigenvalue weighted by Crippen LogP contribution is -2.18. The molecule has 9 heteroatoms. The highest BCUT2D eigenvalue weighted by molar-refractivity contribution is 7.87. The molecule has 3 aromatic rings. The summed E-state index contributed by atoms with van der Waals surface area (Å²) in [6.45, 7) is 5.84. The Hall–Kier alpha value is -3.85. The quantitative estimate of drug-likeness (QED) is 0.278. The number of hydrogen-bond acceptors (Lipinski definition) is 7. The van der Waals surface area contributed by atoms with Gasteiger partial charge in [-0.25, -0.2) is 5.43 Å². The first kappa shape index (κ1) is 24.8. The molecule has 0 aliphatic carbocycles. The minimum atomic E-state index is -4.03. The molecule has 3 rings (SSSR count). The largest absolute Gasteiger partial charge is 0.496 e. The average molecular weight is 483 g/mol. The molecular weight excluding hydrogens is 456 g/mol. The second-order valence-electron chi connectivity index (χ2n) is 7.39. The number of carbonyl (C=O) groups excluding carboxylic acids is 1. The number of hydrogen-bond donors (Lipinski definition) is 1. The van der Waals surface area contributed by atoms with Crippen LogP contribution in [0.4, 0.5) is 0 Å². The molecule has 0 saturated heterocycles. The number of benzene rings is 3. The summed E-state index contributed by atoms with van der Waals surface area (Å²) < 4.78 is 41.4. The number of aryl methyl sites for hydroxylation is 2. The number of hydrazone groups is 1. The van der Waals surface area contributed by atoms with Crippen LogP contribution in [-0.2, 0) is 10.1 Å². The Morgan fingerprint density at radius 3 is 2.32 bits per heavy atom. The Kier molecular flexibility index (Phi) is 7.91. The van der Waals surface area contributed by atoms with E-state index in [-0.39, 0.29) is 16.4 Å². The molecule has 1 N–H and O–H groups in total. The van der Waals surface area contributed by atoms with E-state index < -0.39 is 16.0 Å². The van der Waals surface area contributed by atoms with Crippen molar-refractivity contribution in [3.05, 3.63) is 82.9 Å².